The topological polar surface area (TPSA) is 142 Å². The van der Waals surface area contributed by atoms with Crippen LogP contribution in [0.15, 0.2) is 30.3 Å². The standard InChI is InChI=1S/C15H11IN2O8/c1-2-25-13-6-8(15(19)20)5-10(16)14(13)26-12-4-3-9(17(21)22)7-11(12)18(23)24/h3-7H,2H2,1H3,(H,19,20). The Labute approximate surface area is 159 Å². The molecule has 0 atom stereocenters. The molecular formula is C15H11IN2O8. The van der Waals surface area contributed by atoms with Gasteiger partial charge in [-0.05, 0) is 47.7 Å². The molecule has 0 bridgehead atoms. The van der Waals surface area contributed by atoms with Crippen LogP contribution < -0.4 is 9.47 Å². The number of halogens is 1. The smallest absolute Gasteiger partial charge is 0.335 e. The summed E-state index contributed by atoms with van der Waals surface area (Å²) >= 11 is 1.81. The quantitative estimate of drug-likeness (QED) is 0.361. The number of aromatic carboxylic acids is 1. The highest BCUT2D eigenvalue weighted by molar-refractivity contribution is 14.1. The summed E-state index contributed by atoms with van der Waals surface area (Å²) in [5.41, 5.74) is -1.09. The molecule has 0 aliphatic rings. The molecule has 0 amide bonds. The predicted molar refractivity (Wildman–Crippen MR) is 97.1 cm³/mol. The van der Waals surface area contributed by atoms with Crippen LogP contribution in [0.2, 0.25) is 0 Å². The lowest BCUT2D eigenvalue weighted by Crippen LogP contribution is -2.03. The second-order valence-corrected chi connectivity index (χ2v) is 5.95. The Kier molecular flexibility index (Phi) is 5.92. The molecule has 0 radical (unpaired) electrons. The van der Waals surface area contributed by atoms with E-state index in [9.17, 15) is 25.0 Å². The van der Waals surface area contributed by atoms with E-state index in [1.165, 1.54) is 12.1 Å². The molecule has 0 unspecified atom stereocenters. The van der Waals surface area contributed by atoms with E-state index in [0.717, 1.165) is 18.2 Å². The summed E-state index contributed by atoms with van der Waals surface area (Å²) in [5, 5.41) is 31.2. The first kappa shape index (κ1) is 19.4. The normalized spacial score (nSPS) is 10.2. The first-order valence-corrected chi connectivity index (χ1v) is 8.12. The van der Waals surface area contributed by atoms with Crippen molar-refractivity contribution in [2.45, 2.75) is 6.92 Å². The highest BCUT2D eigenvalue weighted by atomic mass is 127. The minimum atomic E-state index is -1.17. The molecule has 0 saturated carbocycles. The van der Waals surface area contributed by atoms with E-state index >= 15 is 0 Å². The van der Waals surface area contributed by atoms with Crippen LogP contribution in [0.1, 0.15) is 17.3 Å². The second-order valence-electron chi connectivity index (χ2n) is 4.79. The molecule has 0 aliphatic carbocycles. The first-order valence-electron chi connectivity index (χ1n) is 7.05. The molecule has 0 aromatic heterocycles. The summed E-state index contributed by atoms with van der Waals surface area (Å²) in [4.78, 5) is 31.6. The molecule has 0 saturated heterocycles. The first-order chi connectivity index (χ1) is 12.2. The molecule has 136 valence electrons. The lowest BCUT2D eigenvalue weighted by molar-refractivity contribution is -0.394. The summed E-state index contributed by atoms with van der Waals surface area (Å²) < 4.78 is 11.3. The van der Waals surface area contributed by atoms with Crippen LogP contribution in [-0.4, -0.2) is 27.5 Å². The average Bonchev–Trinajstić information content (AvgIpc) is 2.57. The fourth-order valence-corrected chi connectivity index (χ4v) is 2.72. The number of hydrogen-bond acceptors (Lipinski definition) is 7. The molecule has 2 rings (SSSR count). The van der Waals surface area contributed by atoms with Crippen molar-refractivity contribution in [2.75, 3.05) is 6.61 Å². The zero-order valence-electron chi connectivity index (χ0n) is 13.2. The van der Waals surface area contributed by atoms with Gasteiger partial charge < -0.3 is 14.6 Å². The number of benzene rings is 2. The Morgan fingerprint density at radius 3 is 2.38 bits per heavy atom. The van der Waals surface area contributed by atoms with Crippen LogP contribution >= 0.6 is 22.6 Å². The number of carboxylic acids is 1. The van der Waals surface area contributed by atoms with Crippen molar-refractivity contribution in [3.05, 3.63) is 59.7 Å². The average molecular weight is 474 g/mol. The van der Waals surface area contributed by atoms with E-state index in [2.05, 4.69) is 0 Å². The maximum Gasteiger partial charge on any atom is 0.335 e. The Morgan fingerprint density at radius 2 is 1.85 bits per heavy atom. The molecule has 26 heavy (non-hydrogen) atoms. The van der Waals surface area contributed by atoms with Crippen LogP contribution in [0, 0.1) is 23.8 Å². The lowest BCUT2D eigenvalue weighted by Gasteiger charge is -2.14. The number of ether oxygens (including phenoxy) is 2. The van der Waals surface area contributed by atoms with Crippen molar-refractivity contribution >= 4 is 39.9 Å². The number of carboxylic acid groups (broad SMARTS) is 1. The monoisotopic (exact) mass is 474 g/mol. The van der Waals surface area contributed by atoms with Crippen LogP contribution in [-0.2, 0) is 0 Å². The molecule has 0 spiro atoms. The van der Waals surface area contributed by atoms with E-state index in [1.54, 1.807) is 6.92 Å². The Hall–Kier alpha value is -2.96. The third kappa shape index (κ3) is 4.17. The molecule has 0 fully saturated rings. The minimum Gasteiger partial charge on any atom is -0.490 e. The van der Waals surface area contributed by atoms with Crippen molar-refractivity contribution in [3.63, 3.8) is 0 Å². The van der Waals surface area contributed by atoms with Gasteiger partial charge in [0.15, 0.2) is 11.5 Å². The van der Waals surface area contributed by atoms with Gasteiger partial charge in [-0.1, -0.05) is 0 Å². The van der Waals surface area contributed by atoms with Gasteiger partial charge in [0.25, 0.3) is 5.69 Å². The number of nitrogens with zero attached hydrogens (tertiary/aromatic N) is 2. The lowest BCUT2D eigenvalue weighted by atomic mass is 10.2. The van der Waals surface area contributed by atoms with Crippen molar-refractivity contribution in [1.82, 2.24) is 0 Å². The fourth-order valence-electron chi connectivity index (χ4n) is 2.01. The van der Waals surface area contributed by atoms with Gasteiger partial charge in [0.05, 0.1) is 31.7 Å². The van der Waals surface area contributed by atoms with E-state index in [0.29, 0.717) is 3.57 Å². The largest absolute Gasteiger partial charge is 0.490 e. The van der Waals surface area contributed by atoms with Crippen molar-refractivity contribution < 1.29 is 29.2 Å². The van der Waals surface area contributed by atoms with Gasteiger partial charge in [-0.15, -0.1) is 0 Å². The molecule has 1 N–H and O–H groups in total. The third-order valence-electron chi connectivity index (χ3n) is 3.12. The highest BCUT2D eigenvalue weighted by Gasteiger charge is 2.24. The summed E-state index contributed by atoms with van der Waals surface area (Å²) in [6.07, 6.45) is 0. The number of nitro groups is 2. The van der Waals surface area contributed by atoms with Gasteiger partial charge in [0, 0.05) is 6.07 Å². The maximum absolute atomic E-state index is 11.2. The molecule has 11 heteroatoms. The number of carbonyl (C=O) groups is 1. The molecule has 10 nitrogen and oxygen atoms in total. The maximum atomic E-state index is 11.2. The van der Waals surface area contributed by atoms with Gasteiger partial charge in [0.2, 0.25) is 5.75 Å². The molecular weight excluding hydrogens is 463 g/mol. The van der Waals surface area contributed by atoms with Gasteiger partial charge >= 0.3 is 11.7 Å². The zero-order valence-corrected chi connectivity index (χ0v) is 15.3. The predicted octanol–water partition coefficient (Wildman–Crippen LogP) is 4.00. The van der Waals surface area contributed by atoms with Crippen molar-refractivity contribution in [1.29, 1.82) is 0 Å². The second kappa shape index (κ2) is 7.95. The summed E-state index contributed by atoms with van der Waals surface area (Å²) in [5.74, 6) is -1.24. The van der Waals surface area contributed by atoms with Gasteiger partial charge in [-0.3, -0.25) is 20.2 Å². The van der Waals surface area contributed by atoms with Crippen LogP contribution in [0.4, 0.5) is 11.4 Å². The van der Waals surface area contributed by atoms with Crippen molar-refractivity contribution in [2.24, 2.45) is 0 Å². The van der Waals surface area contributed by atoms with Crippen LogP contribution in [0.5, 0.6) is 17.2 Å². The molecule has 0 heterocycles. The molecule has 2 aromatic carbocycles. The number of hydrogen-bond donors (Lipinski definition) is 1. The summed E-state index contributed by atoms with van der Waals surface area (Å²) in [6, 6.07) is 5.51. The van der Waals surface area contributed by atoms with Crippen LogP contribution in [0.25, 0.3) is 0 Å². The van der Waals surface area contributed by atoms with E-state index < -0.39 is 27.2 Å². The van der Waals surface area contributed by atoms with Gasteiger partial charge in [-0.2, -0.15) is 0 Å². The SMILES string of the molecule is CCOc1cc(C(=O)O)cc(I)c1Oc1ccc([N+](=O)[O-])cc1[N+](=O)[O-]. The van der Waals surface area contributed by atoms with E-state index in [-0.39, 0.29) is 29.4 Å². The Balaban J connectivity index is 2.55. The number of non-ortho nitro benzene ring substituents is 1. The highest BCUT2D eigenvalue weighted by Crippen LogP contribution is 2.41. The third-order valence-corrected chi connectivity index (χ3v) is 3.92. The Morgan fingerprint density at radius 1 is 1.15 bits per heavy atom. The fraction of sp³-hybridized carbons (Fsp3) is 0.133. The number of nitro benzene ring substituents is 2. The van der Waals surface area contributed by atoms with Crippen LogP contribution in [0.3, 0.4) is 0 Å². The van der Waals surface area contributed by atoms with E-state index in [1.807, 2.05) is 22.6 Å². The molecule has 0 aliphatic heterocycles. The van der Waals surface area contributed by atoms with E-state index in [4.69, 9.17) is 14.6 Å². The number of rotatable bonds is 7. The Bertz CT molecular complexity index is 899. The minimum absolute atomic E-state index is 0.0385. The zero-order chi connectivity index (χ0) is 19.4. The summed E-state index contributed by atoms with van der Waals surface area (Å²) in [7, 11) is 0. The summed E-state index contributed by atoms with van der Waals surface area (Å²) in [6.45, 7) is 1.89. The van der Waals surface area contributed by atoms with Gasteiger partial charge in [0.1, 0.15) is 0 Å². The van der Waals surface area contributed by atoms with Gasteiger partial charge in [-0.25, -0.2) is 4.79 Å². The molecule has 2 aromatic rings. The van der Waals surface area contributed by atoms with Crippen molar-refractivity contribution in [3.8, 4) is 17.2 Å².